The molecule has 3 heteroatoms. The van der Waals surface area contributed by atoms with Crippen LogP contribution in [-0.4, -0.2) is 11.1 Å². The average Bonchev–Trinajstić information content (AvgIpc) is 2.24. The van der Waals surface area contributed by atoms with E-state index in [0.717, 1.165) is 19.3 Å². The maximum absolute atomic E-state index is 10.7. The Morgan fingerprint density at radius 3 is 2.87 bits per heavy atom. The monoisotopic (exact) mass is 207 g/mol. The number of unbranched alkanes of at least 4 members (excludes halogenated alkanes) is 1. The van der Waals surface area contributed by atoms with E-state index in [0.29, 0.717) is 6.42 Å². The molecule has 0 bridgehead atoms. The Morgan fingerprint density at radius 1 is 1.40 bits per heavy atom. The van der Waals surface area contributed by atoms with Crippen molar-refractivity contribution in [1.29, 1.82) is 0 Å². The summed E-state index contributed by atoms with van der Waals surface area (Å²) in [7, 11) is 0. The van der Waals surface area contributed by atoms with Crippen molar-refractivity contribution in [2.75, 3.05) is 0 Å². The molecule has 0 fully saturated rings. The Labute approximate surface area is 90.1 Å². The summed E-state index contributed by atoms with van der Waals surface area (Å²) in [6.45, 7) is 2.07. The standard InChI is InChI=1S/C12H17NO2/c1-10-5-4-7-11(9-10)6-2-3-8-12(14)13-15/h4-5,7,9,15H,2-3,6,8H2,1H3,(H,13,14). The Balaban J connectivity index is 2.23. The molecule has 0 saturated carbocycles. The Hall–Kier alpha value is -1.35. The van der Waals surface area contributed by atoms with Crippen LogP contribution in [-0.2, 0) is 11.2 Å². The van der Waals surface area contributed by atoms with Gasteiger partial charge in [-0.25, -0.2) is 5.48 Å². The topological polar surface area (TPSA) is 49.3 Å². The number of carbonyl (C=O) groups excluding carboxylic acids is 1. The second-order valence-electron chi connectivity index (χ2n) is 3.73. The van der Waals surface area contributed by atoms with Crippen molar-refractivity contribution in [3.8, 4) is 0 Å². The molecule has 1 amide bonds. The Bertz CT molecular complexity index is 323. The number of aryl methyl sites for hydroxylation is 2. The smallest absolute Gasteiger partial charge is 0.243 e. The molecule has 1 rings (SSSR count). The number of hydrogen-bond donors (Lipinski definition) is 2. The molecule has 0 unspecified atom stereocenters. The number of hydrogen-bond acceptors (Lipinski definition) is 2. The summed E-state index contributed by atoms with van der Waals surface area (Å²) in [6.07, 6.45) is 3.15. The van der Waals surface area contributed by atoms with Crippen molar-refractivity contribution in [2.45, 2.75) is 32.6 Å². The highest BCUT2D eigenvalue weighted by Crippen LogP contribution is 2.08. The number of amides is 1. The van der Waals surface area contributed by atoms with Gasteiger partial charge in [0.25, 0.3) is 0 Å². The molecule has 0 aliphatic rings. The van der Waals surface area contributed by atoms with Gasteiger partial charge in [0, 0.05) is 6.42 Å². The molecule has 0 radical (unpaired) electrons. The van der Waals surface area contributed by atoms with Gasteiger partial charge in [0.1, 0.15) is 0 Å². The van der Waals surface area contributed by atoms with Crippen LogP contribution in [0.2, 0.25) is 0 Å². The second kappa shape index (κ2) is 6.19. The summed E-state index contributed by atoms with van der Waals surface area (Å²) in [5, 5.41) is 8.29. The zero-order chi connectivity index (χ0) is 11.1. The van der Waals surface area contributed by atoms with Crippen molar-refractivity contribution in [1.82, 2.24) is 5.48 Å². The molecule has 3 nitrogen and oxygen atoms in total. The second-order valence-corrected chi connectivity index (χ2v) is 3.73. The maximum Gasteiger partial charge on any atom is 0.243 e. The number of rotatable bonds is 5. The third kappa shape index (κ3) is 4.61. The zero-order valence-electron chi connectivity index (χ0n) is 8.99. The minimum Gasteiger partial charge on any atom is -0.289 e. The summed E-state index contributed by atoms with van der Waals surface area (Å²) in [5.74, 6) is -0.306. The first-order valence-corrected chi connectivity index (χ1v) is 5.21. The van der Waals surface area contributed by atoms with Crippen LogP contribution in [0.5, 0.6) is 0 Å². The lowest BCUT2D eigenvalue weighted by atomic mass is 10.1. The number of carbonyl (C=O) groups is 1. The van der Waals surface area contributed by atoms with E-state index in [-0.39, 0.29) is 5.91 Å². The summed E-state index contributed by atoms with van der Waals surface area (Å²) in [5.41, 5.74) is 4.20. The lowest BCUT2D eigenvalue weighted by Crippen LogP contribution is -2.17. The van der Waals surface area contributed by atoms with E-state index in [1.807, 2.05) is 6.07 Å². The summed E-state index contributed by atoms with van der Waals surface area (Å²) in [4.78, 5) is 10.7. The molecule has 2 N–H and O–H groups in total. The van der Waals surface area contributed by atoms with Gasteiger partial charge in [-0.3, -0.25) is 10.0 Å². The van der Waals surface area contributed by atoms with Crippen molar-refractivity contribution in [3.63, 3.8) is 0 Å². The minimum absolute atomic E-state index is 0.306. The molecule has 0 aliphatic heterocycles. The molecule has 0 atom stereocenters. The van der Waals surface area contributed by atoms with Gasteiger partial charge in [0.15, 0.2) is 0 Å². The third-order valence-electron chi connectivity index (χ3n) is 2.33. The summed E-state index contributed by atoms with van der Waals surface area (Å²) < 4.78 is 0. The number of nitrogens with one attached hydrogen (secondary N) is 1. The van der Waals surface area contributed by atoms with E-state index in [1.165, 1.54) is 11.1 Å². The number of benzene rings is 1. The van der Waals surface area contributed by atoms with Gasteiger partial charge in [-0.05, 0) is 31.7 Å². The normalized spacial score (nSPS) is 10.0. The summed E-state index contributed by atoms with van der Waals surface area (Å²) >= 11 is 0. The van der Waals surface area contributed by atoms with E-state index in [4.69, 9.17) is 5.21 Å². The van der Waals surface area contributed by atoms with Crippen LogP contribution < -0.4 is 5.48 Å². The molecule has 0 saturated heterocycles. The SMILES string of the molecule is Cc1cccc(CCCCC(=O)NO)c1. The van der Waals surface area contributed by atoms with Gasteiger partial charge in [0.05, 0.1) is 0 Å². The largest absolute Gasteiger partial charge is 0.289 e. The van der Waals surface area contributed by atoms with Gasteiger partial charge in [-0.1, -0.05) is 29.8 Å². The van der Waals surface area contributed by atoms with Gasteiger partial charge < -0.3 is 0 Å². The molecule has 0 aliphatic carbocycles. The molecule has 0 spiro atoms. The van der Waals surface area contributed by atoms with Crippen molar-refractivity contribution in [2.24, 2.45) is 0 Å². The predicted octanol–water partition coefficient (Wildman–Crippen LogP) is 2.21. The zero-order valence-corrected chi connectivity index (χ0v) is 8.99. The van der Waals surface area contributed by atoms with Gasteiger partial charge >= 0.3 is 0 Å². The molecule has 0 heterocycles. The fraction of sp³-hybridized carbons (Fsp3) is 0.417. The fourth-order valence-corrected chi connectivity index (χ4v) is 1.54. The van der Waals surface area contributed by atoms with Gasteiger partial charge in [-0.2, -0.15) is 0 Å². The molecule has 0 aromatic heterocycles. The van der Waals surface area contributed by atoms with E-state index in [1.54, 1.807) is 5.48 Å². The van der Waals surface area contributed by atoms with Crippen LogP contribution >= 0.6 is 0 Å². The highest BCUT2D eigenvalue weighted by molar-refractivity contribution is 5.74. The Morgan fingerprint density at radius 2 is 2.20 bits per heavy atom. The molecule has 1 aromatic rings. The first kappa shape index (κ1) is 11.7. The minimum atomic E-state index is -0.306. The quantitative estimate of drug-likeness (QED) is 0.442. The molecule has 1 aromatic carbocycles. The first-order chi connectivity index (χ1) is 7.22. The number of hydroxylamine groups is 1. The van der Waals surface area contributed by atoms with E-state index in [9.17, 15) is 4.79 Å². The maximum atomic E-state index is 10.7. The lowest BCUT2D eigenvalue weighted by Gasteiger charge is -2.02. The van der Waals surface area contributed by atoms with Crippen LogP contribution in [0.3, 0.4) is 0 Å². The highest BCUT2D eigenvalue weighted by atomic mass is 16.5. The summed E-state index contributed by atoms with van der Waals surface area (Å²) in [6, 6.07) is 8.37. The fourth-order valence-electron chi connectivity index (χ4n) is 1.54. The third-order valence-corrected chi connectivity index (χ3v) is 2.33. The average molecular weight is 207 g/mol. The molecule has 15 heavy (non-hydrogen) atoms. The van der Waals surface area contributed by atoms with Crippen LogP contribution in [0.4, 0.5) is 0 Å². The Kier molecular flexibility index (Phi) is 4.84. The predicted molar refractivity (Wildman–Crippen MR) is 58.7 cm³/mol. The van der Waals surface area contributed by atoms with E-state index >= 15 is 0 Å². The van der Waals surface area contributed by atoms with Crippen LogP contribution in [0, 0.1) is 6.92 Å². The van der Waals surface area contributed by atoms with Crippen molar-refractivity contribution >= 4 is 5.91 Å². The van der Waals surface area contributed by atoms with Gasteiger partial charge in [0.2, 0.25) is 5.91 Å². The van der Waals surface area contributed by atoms with Crippen LogP contribution in [0.1, 0.15) is 30.4 Å². The molecular formula is C12H17NO2. The lowest BCUT2D eigenvalue weighted by molar-refractivity contribution is -0.129. The molecular weight excluding hydrogens is 190 g/mol. The highest BCUT2D eigenvalue weighted by Gasteiger charge is 1.99. The van der Waals surface area contributed by atoms with E-state index < -0.39 is 0 Å². The van der Waals surface area contributed by atoms with Crippen LogP contribution in [0.15, 0.2) is 24.3 Å². The first-order valence-electron chi connectivity index (χ1n) is 5.21. The van der Waals surface area contributed by atoms with Crippen molar-refractivity contribution in [3.05, 3.63) is 35.4 Å². The molecule has 82 valence electrons. The van der Waals surface area contributed by atoms with E-state index in [2.05, 4.69) is 25.1 Å². The van der Waals surface area contributed by atoms with Crippen molar-refractivity contribution < 1.29 is 10.0 Å². The van der Waals surface area contributed by atoms with Crippen LogP contribution in [0.25, 0.3) is 0 Å². The van der Waals surface area contributed by atoms with Gasteiger partial charge in [-0.15, -0.1) is 0 Å².